The van der Waals surface area contributed by atoms with Crippen molar-refractivity contribution in [3.05, 3.63) is 53.6 Å². The van der Waals surface area contributed by atoms with Crippen molar-refractivity contribution in [2.75, 3.05) is 31.1 Å². The molecule has 25 heavy (non-hydrogen) atoms. The topological polar surface area (TPSA) is 81.6 Å². The number of nitrogens with two attached hydrogens (primary N) is 2. The second-order valence-corrected chi connectivity index (χ2v) is 6.11. The number of nitrogens with zero attached hydrogens (tertiary/aromatic N) is 1. The Kier molecular flexibility index (Phi) is 6.42. The van der Waals surface area contributed by atoms with Gasteiger partial charge < -0.3 is 21.1 Å². The molecule has 2 rings (SSSR count). The molecular formula is C20H27N3O2. The number of rotatable bonds is 8. The molecule has 2 aromatic carbocycles. The molecular weight excluding hydrogens is 314 g/mol. The zero-order valence-electron chi connectivity index (χ0n) is 15.2. The molecule has 0 aromatic heterocycles. The first-order chi connectivity index (χ1) is 11.9. The van der Waals surface area contributed by atoms with Crippen LogP contribution in [0.2, 0.25) is 0 Å². The Morgan fingerprint density at radius 3 is 2.16 bits per heavy atom. The third-order valence-electron chi connectivity index (χ3n) is 4.21. The van der Waals surface area contributed by atoms with Crippen LogP contribution in [0.15, 0.2) is 42.5 Å². The van der Waals surface area contributed by atoms with Crippen molar-refractivity contribution in [2.24, 2.45) is 0 Å². The van der Waals surface area contributed by atoms with Crippen LogP contribution in [0.1, 0.15) is 36.7 Å². The summed E-state index contributed by atoms with van der Waals surface area (Å²) in [5.41, 5.74) is 13.5. The minimum atomic E-state index is -0.0885. The van der Waals surface area contributed by atoms with Crippen molar-refractivity contribution in [3.8, 4) is 5.75 Å². The number of hydrogen-bond acceptors (Lipinski definition) is 5. The molecule has 0 aliphatic carbocycles. The Morgan fingerprint density at radius 1 is 1.00 bits per heavy atom. The van der Waals surface area contributed by atoms with Gasteiger partial charge in [0.2, 0.25) is 0 Å². The van der Waals surface area contributed by atoms with Crippen LogP contribution in [0.25, 0.3) is 0 Å². The van der Waals surface area contributed by atoms with Gasteiger partial charge in [-0.3, -0.25) is 4.79 Å². The maximum atomic E-state index is 12.5. The van der Waals surface area contributed by atoms with Gasteiger partial charge in [0.15, 0.2) is 5.78 Å². The van der Waals surface area contributed by atoms with Crippen molar-refractivity contribution in [1.29, 1.82) is 0 Å². The molecule has 0 radical (unpaired) electrons. The fraction of sp³-hybridized carbons (Fsp3) is 0.350. The number of ether oxygens (including phenoxy) is 1. The molecule has 0 bridgehead atoms. The lowest BCUT2D eigenvalue weighted by molar-refractivity contribution is 0.103. The summed E-state index contributed by atoms with van der Waals surface area (Å²) in [6.45, 7) is 9.21. The van der Waals surface area contributed by atoms with Crippen LogP contribution in [-0.2, 0) is 0 Å². The first-order valence-corrected chi connectivity index (χ1v) is 8.63. The predicted molar refractivity (Wildman–Crippen MR) is 103 cm³/mol. The highest BCUT2D eigenvalue weighted by molar-refractivity contribution is 6.09. The summed E-state index contributed by atoms with van der Waals surface area (Å²) < 4.78 is 5.93. The smallest absolute Gasteiger partial charge is 0.193 e. The van der Waals surface area contributed by atoms with Gasteiger partial charge in [-0.25, -0.2) is 0 Å². The Bertz CT molecular complexity index is 709. The highest BCUT2D eigenvalue weighted by atomic mass is 16.5. The van der Waals surface area contributed by atoms with Gasteiger partial charge in [-0.1, -0.05) is 13.8 Å². The highest BCUT2D eigenvalue weighted by Gasteiger charge is 2.12. The molecule has 5 heteroatoms. The molecule has 0 amide bonds. The fourth-order valence-corrected chi connectivity index (χ4v) is 2.68. The lowest BCUT2D eigenvalue weighted by atomic mass is 10.0. The van der Waals surface area contributed by atoms with Crippen LogP contribution in [-0.4, -0.2) is 36.4 Å². The van der Waals surface area contributed by atoms with Crippen LogP contribution < -0.4 is 16.2 Å². The lowest BCUT2D eigenvalue weighted by Gasteiger charge is -2.23. The first kappa shape index (κ1) is 18.8. The molecule has 5 nitrogen and oxygen atoms in total. The van der Waals surface area contributed by atoms with Gasteiger partial charge in [0.1, 0.15) is 11.9 Å². The number of nitrogen functional groups attached to an aromatic ring is 2. The summed E-state index contributed by atoms with van der Waals surface area (Å²) in [7, 11) is 0. The SMILES string of the molecule is CCN(CC)CC(C)Oc1ccc(C(=O)c2ccc(N)c(N)c2)cc1. The molecule has 0 aliphatic heterocycles. The Balaban J connectivity index is 2.03. The van der Waals surface area contributed by atoms with Crippen molar-refractivity contribution in [3.63, 3.8) is 0 Å². The normalized spacial score (nSPS) is 12.2. The molecule has 0 fully saturated rings. The van der Waals surface area contributed by atoms with Gasteiger partial charge in [0.25, 0.3) is 0 Å². The Labute approximate surface area is 149 Å². The second kappa shape index (κ2) is 8.53. The Morgan fingerprint density at radius 2 is 1.60 bits per heavy atom. The number of likely N-dealkylation sites (N-methyl/N-ethyl adjacent to an activating group) is 1. The summed E-state index contributed by atoms with van der Waals surface area (Å²) >= 11 is 0. The standard InChI is InChI=1S/C20H27N3O2/c1-4-23(5-2)13-14(3)25-17-9-6-15(7-10-17)20(24)16-8-11-18(21)19(22)12-16/h6-12,14H,4-5,13,21-22H2,1-3H3. The van der Waals surface area contributed by atoms with E-state index in [0.29, 0.717) is 22.5 Å². The van der Waals surface area contributed by atoms with Gasteiger partial charge in [0, 0.05) is 17.7 Å². The van der Waals surface area contributed by atoms with Crippen LogP contribution in [0.3, 0.4) is 0 Å². The van der Waals surface area contributed by atoms with E-state index in [9.17, 15) is 4.79 Å². The Hall–Kier alpha value is -2.53. The van der Waals surface area contributed by atoms with Crippen molar-refractivity contribution >= 4 is 17.2 Å². The first-order valence-electron chi connectivity index (χ1n) is 8.63. The maximum Gasteiger partial charge on any atom is 0.193 e. The summed E-state index contributed by atoms with van der Waals surface area (Å²) in [5, 5.41) is 0. The molecule has 2 aromatic rings. The molecule has 1 atom stereocenters. The third-order valence-corrected chi connectivity index (χ3v) is 4.21. The number of carbonyl (C=O) groups excluding carboxylic acids is 1. The average Bonchev–Trinajstić information content (AvgIpc) is 2.62. The molecule has 1 unspecified atom stereocenters. The van der Waals surface area contributed by atoms with E-state index in [1.807, 2.05) is 12.1 Å². The zero-order chi connectivity index (χ0) is 18.4. The largest absolute Gasteiger partial charge is 0.489 e. The summed E-state index contributed by atoms with van der Waals surface area (Å²) in [5.74, 6) is 0.669. The molecule has 0 aliphatic rings. The molecule has 0 spiro atoms. The van der Waals surface area contributed by atoms with Crippen molar-refractivity contribution in [1.82, 2.24) is 4.90 Å². The highest BCUT2D eigenvalue weighted by Crippen LogP contribution is 2.20. The quantitative estimate of drug-likeness (QED) is 0.569. The molecule has 0 heterocycles. The average molecular weight is 341 g/mol. The summed E-state index contributed by atoms with van der Waals surface area (Å²) in [4.78, 5) is 14.8. The van der Waals surface area contributed by atoms with Gasteiger partial charge in [-0.05, 0) is 62.5 Å². The maximum absolute atomic E-state index is 12.5. The van der Waals surface area contributed by atoms with Crippen LogP contribution in [0.5, 0.6) is 5.75 Å². The van der Waals surface area contributed by atoms with Gasteiger partial charge in [-0.2, -0.15) is 0 Å². The third kappa shape index (κ3) is 4.97. The number of anilines is 2. The van der Waals surface area contributed by atoms with E-state index in [0.717, 1.165) is 25.4 Å². The van der Waals surface area contributed by atoms with E-state index in [4.69, 9.17) is 16.2 Å². The minimum Gasteiger partial charge on any atom is -0.489 e. The van der Waals surface area contributed by atoms with Crippen LogP contribution >= 0.6 is 0 Å². The monoisotopic (exact) mass is 341 g/mol. The summed E-state index contributed by atoms with van der Waals surface area (Å²) in [6, 6.07) is 12.1. The predicted octanol–water partition coefficient (Wildman–Crippen LogP) is 3.19. The van der Waals surface area contributed by atoms with Crippen LogP contribution in [0.4, 0.5) is 11.4 Å². The number of hydrogen-bond donors (Lipinski definition) is 2. The number of benzene rings is 2. The van der Waals surface area contributed by atoms with E-state index >= 15 is 0 Å². The molecule has 0 saturated carbocycles. The zero-order valence-corrected chi connectivity index (χ0v) is 15.2. The van der Waals surface area contributed by atoms with E-state index in [1.165, 1.54) is 0 Å². The molecule has 0 saturated heterocycles. The molecule has 4 N–H and O–H groups in total. The summed E-state index contributed by atoms with van der Waals surface area (Å²) in [6.07, 6.45) is 0.0818. The fourth-order valence-electron chi connectivity index (χ4n) is 2.68. The van der Waals surface area contributed by atoms with E-state index in [2.05, 4.69) is 25.7 Å². The van der Waals surface area contributed by atoms with Gasteiger partial charge in [0.05, 0.1) is 11.4 Å². The lowest BCUT2D eigenvalue weighted by Crippen LogP contribution is -2.33. The minimum absolute atomic E-state index is 0.0818. The van der Waals surface area contributed by atoms with E-state index in [1.54, 1.807) is 30.3 Å². The number of carbonyl (C=O) groups is 1. The number of ketones is 1. The van der Waals surface area contributed by atoms with Crippen molar-refractivity contribution in [2.45, 2.75) is 26.9 Å². The van der Waals surface area contributed by atoms with Crippen molar-refractivity contribution < 1.29 is 9.53 Å². The molecule has 134 valence electrons. The van der Waals surface area contributed by atoms with Crippen LogP contribution in [0, 0.1) is 0 Å². The van der Waals surface area contributed by atoms with E-state index in [-0.39, 0.29) is 11.9 Å². The second-order valence-electron chi connectivity index (χ2n) is 6.11. The van der Waals surface area contributed by atoms with Gasteiger partial charge >= 0.3 is 0 Å². The van der Waals surface area contributed by atoms with E-state index < -0.39 is 0 Å². The van der Waals surface area contributed by atoms with Gasteiger partial charge in [-0.15, -0.1) is 0 Å².